The molecule has 7 nitrogen and oxygen atoms in total. The number of nitrogens with zero attached hydrogens (tertiary/aromatic N) is 4. The summed E-state index contributed by atoms with van der Waals surface area (Å²) in [4.78, 5) is 4.41. The lowest BCUT2D eigenvalue weighted by atomic mass is 10.4. The molecule has 0 aliphatic rings. The van der Waals surface area contributed by atoms with Gasteiger partial charge in [-0.05, 0) is 6.07 Å². The van der Waals surface area contributed by atoms with Crippen molar-refractivity contribution in [2.45, 2.75) is 20.4 Å². The first-order valence-electron chi connectivity index (χ1n) is 6.65. The Kier molecular flexibility index (Phi) is 5.09. The molecule has 21 heavy (non-hydrogen) atoms. The maximum absolute atomic E-state index is 12.0. The summed E-state index contributed by atoms with van der Waals surface area (Å²) in [7, 11) is -1.60. The maximum atomic E-state index is 12.0. The van der Waals surface area contributed by atoms with Crippen molar-refractivity contribution in [3.8, 4) is 10.7 Å². The number of hydrogen-bond acceptors (Lipinski definition) is 5. The van der Waals surface area contributed by atoms with Crippen molar-refractivity contribution >= 4 is 21.5 Å². The van der Waals surface area contributed by atoms with E-state index in [4.69, 9.17) is 0 Å². The van der Waals surface area contributed by atoms with Gasteiger partial charge in [-0.2, -0.15) is 22.5 Å². The van der Waals surface area contributed by atoms with E-state index in [-0.39, 0.29) is 6.54 Å². The molecule has 0 aliphatic carbocycles. The zero-order valence-corrected chi connectivity index (χ0v) is 13.9. The minimum atomic E-state index is -3.44. The Balaban J connectivity index is 2.03. The minimum absolute atomic E-state index is 0.183. The summed E-state index contributed by atoms with van der Waals surface area (Å²) >= 11 is 1.45. The second kappa shape index (κ2) is 6.65. The molecule has 0 aliphatic heterocycles. The molecule has 0 atom stereocenters. The molecule has 0 aromatic carbocycles. The number of aromatic nitrogens is 3. The summed E-state index contributed by atoms with van der Waals surface area (Å²) in [5.41, 5.74) is 1.48. The maximum Gasteiger partial charge on any atom is 0.279 e. The Morgan fingerprint density at radius 1 is 1.38 bits per heavy atom. The first-order valence-corrected chi connectivity index (χ1v) is 8.97. The van der Waals surface area contributed by atoms with E-state index >= 15 is 0 Å². The number of rotatable bonds is 7. The molecule has 0 fully saturated rings. The highest BCUT2D eigenvalue weighted by Gasteiger charge is 2.18. The van der Waals surface area contributed by atoms with E-state index < -0.39 is 10.2 Å². The summed E-state index contributed by atoms with van der Waals surface area (Å²) < 4.78 is 29.7. The lowest BCUT2D eigenvalue weighted by molar-refractivity contribution is 0.434. The second-order valence-corrected chi connectivity index (χ2v) is 7.04. The molecule has 0 saturated heterocycles. The number of hydrogen-bond donors (Lipinski definition) is 1. The van der Waals surface area contributed by atoms with Crippen LogP contribution in [0.2, 0.25) is 0 Å². The molecule has 0 radical (unpaired) electrons. The van der Waals surface area contributed by atoms with Crippen molar-refractivity contribution in [1.82, 2.24) is 23.8 Å². The average Bonchev–Trinajstić information content (AvgIpc) is 3.06. The fourth-order valence-corrected chi connectivity index (χ4v) is 3.83. The van der Waals surface area contributed by atoms with Crippen LogP contribution in [0.1, 0.15) is 19.5 Å². The molecule has 116 valence electrons. The zero-order chi connectivity index (χ0) is 15.5. The van der Waals surface area contributed by atoms with E-state index in [0.29, 0.717) is 18.8 Å². The molecule has 0 amide bonds. The quantitative estimate of drug-likeness (QED) is 0.828. The third-order valence-corrected chi connectivity index (χ3v) is 5.58. The molecule has 1 N–H and O–H groups in total. The van der Waals surface area contributed by atoms with Gasteiger partial charge in [-0.15, -0.1) is 11.3 Å². The highest BCUT2D eigenvalue weighted by molar-refractivity contribution is 7.87. The zero-order valence-electron chi connectivity index (χ0n) is 12.3. The van der Waals surface area contributed by atoms with Crippen molar-refractivity contribution in [3.05, 3.63) is 23.3 Å². The molecule has 2 aromatic heterocycles. The van der Waals surface area contributed by atoms with Gasteiger partial charge in [0.25, 0.3) is 10.2 Å². The third-order valence-electron chi connectivity index (χ3n) is 2.97. The number of nitrogens with one attached hydrogen (secondary N) is 1. The summed E-state index contributed by atoms with van der Waals surface area (Å²) in [6.07, 6.45) is 1.85. The predicted octanol–water partition coefficient (Wildman–Crippen LogP) is 1.22. The van der Waals surface area contributed by atoms with E-state index in [9.17, 15) is 8.42 Å². The van der Waals surface area contributed by atoms with Crippen LogP contribution >= 0.6 is 11.3 Å². The summed E-state index contributed by atoms with van der Waals surface area (Å²) in [6, 6.07) is 1.88. The Morgan fingerprint density at radius 3 is 2.67 bits per heavy atom. The number of aryl methyl sites for hydroxylation is 1. The van der Waals surface area contributed by atoms with Crippen LogP contribution in [0.5, 0.6) is 0 Å². The standard InChI is InChI=1S/C12H19N5O2S2/c1-4-17(5-2)21(18,19)13-8-10-9-20-12(14-10)11-6-7-16(3)15-11/h6-7,9,13H,4-5,8H2,1-3H3. The molecule has 9 heteroatoms. The van der Waals surface area contributed by atoms with Crippen molar-refractivity contribution in [3.63, 3.8) is 0 Å². The SMILES string of the molecule is CCN(CC)S(=O)(=O)NCc1csc(-c2ccn(C)n2)n1. The fraction of sp³-hybridized carbons (Fsp3) is 0.500. The van der Waals surface area contributed by atoms with Gasteiger partial charge < -0.3 is 0 Å². The van der Waals surface area contributed by atoms with Crippen LogP contribution in [-0.2, 0) is 23.8 Å². The minimum Gasteiger partial charge on any atom is -0.275 e. The summed E-state index contributed by atoms with van der Waals surface area (Å²) in [6.45, 7) is 4.70. The molecule has 2 aromatic rings. The van der Waals surface area contributed by atoms with Gasteiger partial charge in [-0.3, -0.25) is 4.68 Å². The summed E-state index contributed by atoms with van der Waals surface area (Å²) in [5.74, 6) is 0. The first-order chi connectivity index (χ1) is 9.96. The Hall–Kier alpha value is -1.29. The molecule has 0 spiro atoms. The van der Waals surface area contributed by atoms with Gasteiger partial charge in [0.15, 0.2) is 0 Å². The second-order valence-electron chi connectivity index (χ2n) is 4.43. The van der Waals surface area contributed by atoms with Crippen molar-refractivity contribution < 1.29 is 8.42 Å². The summed E-state index contributed by atoms with van der Waals surface area (Å²) in [5, 5.41) is 6.90. The van der Waals surface area contributed by atoms with Crippen LogP contribution in [0.4, 0.5) is 0 Å². The van der Waals surface area contributed by atoms with Crippen molar-refractivity contribution in [2.75, 3.05) is 13.1 Å². The van der Waals surface area contributed by atoms with Crippen LogP contribution in [0.3, 0.4) is 0 Å². The first kappa shape index (κ1) is 16.1. The van der Waals surface area contributed by atoms with Crippen LogP contribution in [0, 0.1) is 0 Å². The van der Waals surface area contributed by atoms with Gasteiger partial charge >= 0.3 is 0 Å². The van der Waals surface area contributed by atoms with Gasteiger partial charge in [0, 0.05) is 31.7 Å². The molecule has 0 bridgehead atoms. The Morgan fingerprint density at radius 2 is 2.10 bits per heavy atom. The van der Waals surface area contributed by atoms with Crippen LogP contribution in [-0.4, -0.2) is 40.6 Å². The van der Waals surface area contributed by atoms with Gasteiger partial charge in [-0.1, -0.05) is 13.8 Å². The lowest BCUT2D eigenvalue weighted by Crippen LogP contribution is -2.40. The van der Waals surface area contributed by atoms with E-state index in [0.717, 1.165) is 10.7 Å². The van der Waals surface area contributed by atoms with Crippen LogP contribution < -0.4 is 4.72 Å². The van der Waals surface area contributed by atoms with E-state index in [2.05, 4.69) is 14.8 Å². The van der Waals surface area contributed by atoms with Crippen LogP contribution in [0.15, 0.2) is 17.6 Å². The van der Waals surface area contributed by atoms with Gasteiger partial charge in [0.2, 0.25) is 0 Å². The molecular weight excluding hydrogens is 310 g/mol. The predicted molar refractivity (Wildman–Crippen MR) is 83.0 cm³/mol. The topological polar surface area (TPSA) is 80.1 Å². The van der Waals surface area contributed by atoms with E-state index in [1.165, 1.54) is 15.6 Å². The molecule has 2 heterocycles. The van der Waals surface area contributed by atoms with E-state index in [1.807, 2.05) is 38.5 Å². The third kappa shape index (κ3) is 3.88. The monoisotopic (exact) mass is 329 g/mol. The Labute approximate surface area is 128 Å². The molecular formula is C12H19N5O2S2. The fourth-order valence-electron chi connectivity index (χ4n) is 1.85. The smallest absolute Gasteiger partial charge is 0.275 e. The van der Waals surface area contributed by atoms with Gasteiger partial charge in [0.1, 0.15) is 10.7 Å². The van der Waals surface area contributed by atoms with Gasteiger partial charge in [0.05, 0.1) is 12.2 Å². The Bertz CT molecular complexity index is 688. The van der Waals surface area contributed by atoms with Crippen LogP contribution in [0.25, 0.3) is 10.7 Å². The molecule has 0 unspecified atom stereocenters. The highest BCUT2D eigenvalue weighted by Crippen LogP contribution is 2.21. The normalized spacial score (nSPS) is 12.2. The molecule has 2 rings (SSSR count). The molecule has 0 saturated carbocycles. The van der Waals surface area contributed by atoms with E-state index in [1.54, 1.807) is 4.68 Å². The average molecular weight is 329 g/mol. The lowest BCUT2D eigenvalue weighted by Gasteiger charge is -2.18. The number of thiazole rings is 1. The van der Waals surface area contributed by atoms with Crippen molar-refractivity contribution in [2.24, 2.45) is 7.05 Å². The van der Waals surface area contributed by atoms with Crippen molar-refractivity contribution in [1.29, 1.82) is 0 Å². The largest absolute Gasteiger partial charge is 0.279 e. The van der Waals surface area contributed by atoms with Gasteiger partial charge in [-0.25, -0.2) is 4.98 Å². The highest BCUT2D eigenvalue weighted by atomic mass is 32.2.